The van der Waals surface area contributed by atoms with Gasteiger partial charge in [-0.2, -0.15) is 0 Å². The highest BCUT2D eigenvalue weighted by molar-refractivity contribution is 5.77. The molecular formula is C12H18O3. The van der Waals surface area contributed by atoms with E-state index in [-0.39, 0.29) is 12.0 Å². The van der Waals surface area contributed by atoms with Crippen molar-refractivity contribution >= 4 is 5.97 Å². The molecule has 15 heavy (non-hydrogen) atoms. The molecule has 1 saturated carbocycles. The number of hydrogen-bond donors (Lipinski definition) is 1. The van der Waals surface area contributed by atoms with E-state index in [9.17, 15) is 9.90 Å². The number of allylic oxidation sites excluding steroid dienone is 2. The molecule has 0 heterocycles. The number of aliphatic carboxylic acids is 1. The maximum absolute atomic E-state index is 11.5. The van der Waals surface area contributed by atoms with Crippen molar-refractivity contribution in [3.63, 3.8) is 0 Å². The van der Waals surface area contributed by atoms with Crippen molar-refractivity contribution < 1.29 is 14.6 Å². The van der Waals surface area contributed by atoms with E-state index in [0.717, 1.165) is 12.8 Å². The van der Waals surface area contributed by atoms with Gasteiger partial charge in [-0.1, -0.05) is 12.2 Å². The SMILES string of the molecule is CCOC(C)C1(C(=O)O)CC2C=CC1C2. The van der Waals surface area contributed by atoms with Gasteiger partial charge in [-0.3, -0.25) is 4.79 Å². The van der Waals surface area contributed by atoms with Gasteiger partial charge in [0.25, 0.3) is 0 Å². The quantitative estimate of drug-likeness (QED) is 0.723. The first-order valence-corrected chi connectivity index (χ1v) is 5.64. The first-order valence-electron chi connectivity index (χ1n) is 5.64. The highest BCUT2D eigenvalue weighted by atomic mass is 16.5. The van der Waals surface area contributed by atoms with E-state index in [1.165, 1.54) is 0 Å². The Labute approximate surface area is 90.1 Å². The molecule has 0 spiro atoms. The number of rotatable bonds is 4. The van der Waals surface area contributed by atoms with E-state index < -0.39 is 11.4 Å². The monoisotopic (exact) mass is 210 g/mol. The smallest absolute Gasteiger partial charge is 0.312 e. The van der Waals surface area contributed by atoms with Crippen LogP contribution < -0.4 is 0 Å². The molecule has 2 bridgehead atoms. The second kappa shape index (κ2) is 3.63. The zero-order valence-electron chi connectivity index (χ0n) is 9.27. The minimum absolute atomic E-state index is 0.168. The average Bonchev–Trinajstić information content (AvgIpc) is 2.77. The minimum atomic E-state index is -0.694. The van der Waals surface area contributed by atoms with Gasteiger partial charge in [0.2, 0.25) is 0 Å². The van der Waals surface area contributed by atoms with Gasteiger partial charge in [-0.25, -0.2) is 0 Å². The largest absolute Gasteiger partial charge is 0.481 e. The van der Waals surface area contributed by atoms with Crippen LogP contribution in [0.5, 0.6) is 0 Å². The Kier molecular flexibility index (Phi) is 2.59. The summed E-state index contributed by atoms with van der Waals surface area (Å²) in [5.41, 5.74) is -0.671. The van der Waals surface area contributed by atoms with Crippen LogP contribution in [-0.4, -0.2) is 23.8 Å². The highest BCUT2D eigenvalue weighted by Gasteiger charge is 2.57. The van der Waals surface area contributed by atoms with E-state index in [1.807, 2.05) is 13.8 Å². The zero-order valence-corrected chi connectivity index (χ0v) is 9.27. The minimum Gasteiger partial charge on any atom is -0.481 e. The molecule has 2 aliphatic rings. The molecule has 84 valence electrons. The zero-order chi connectivity index (χ0) is 11.1. The molecule has 0 aromatic carbocycles. The molecule has 3 heteroatoms. The summed E-state index contributed by atoms with van der Waals surface area (Å²) < 4.78 is 5.53. The molecule has 1 fully saturated rings. The number of hydrogen-bond acceptors (Lipinski definition) is 2. The lowest BCUT2D eigenvalue weighted by Gasteiger charge is -2.36. The second-order valence-electron chi connectivity index (χ2n) is 4.63. The van der Waals surface area contributed by atoms with Crippen LogP contribution in [-0.2, 0) is 9.53 Å². The van der Waals surface area contributed by atoms with Crippen LogP contribution in [0.4, 0.5) is 0 Å². The highest BCUT2D eigenvalue weighted by Crippen LogP contribution is 2.54. The number of fused-ring (bicyclic) bond motifs is 2. The van der Waals surface area contributed by atoms with Gasteiger partial charge in [-0.05, 0) is 38.5 Å². The summed E-state index contributed by atoms with van der Waals surface area (Å²) >= 11 is 0. The van der Waals surface area contributed by atoms with Crippen LogP contribution in [0.25, 0.3) is 0 Å². The molecule has 4 unspecified atom stereocenters. The first-order chi connectivity index (χ1) is 7.11. The van der Waals surface area contributed by atoms with Gasteiger partial charge < -0.3 is 9.84 Å². The summed E-state index contributed by atoms with van der Waals surface area (Å²) in [5.74, 6) is -0.0733. The van der Waals surface area contributed by atoms with Crippen LogP contribution in [0.15, 0.2) is 12.2 Å². The first kappa shape index (κ1) is 10.7. The van der Waals surface area contributed by atoms with Crippen molar-refractivity contribution in [3.05, 3.63) is 12.2 Å². The second-order valence-corrected chi connectivity index (χ2v) is 4.63. The topological polar surface area (TPSA) is 46.5 Å². The molecule has 0 aromatic rings. The summed E-state index contributed by atoms with van der Waals surface area (Å²) in [4.78, 5) is 11.5. The van der Waals surface area contributed by atoms with Gasteiger partial charge in [0, 0.05) is 6.61 Å². The number of carbonyl (C=O) groups is 1. The lowest BCUT2D eigenvalue weighted by molar-refractivity contribution is -0.161. The van der Waals surface area contributed by atoms with Crippen LogP contribution in [0, 0.1) is 17.3 Å². The third-order valence-corrected chi connectivity index (χ3v) is 3.97. The van der Waals surface area contributed by atoms with Gasteiger partial charge in [0.15, 0.2) is 0 Å². The Morgan fingerprint density at radius 1 is 1.67 bits per heavy atom. The molecule has 0 aliphatic heterocycles. The molecule has 2 rings (SSSR count). The lowest BCUT2D eigenvalue weighted by Crippen LogP contribution is -2.45. The lowest BCUT2D eigenvalue weighted by atomic mass is 9.72. The van der Waals surface area contributed by atoms with Gasteiger partial charge >= 0.3 is 5.97 Å². The molecule has 0 saturated heterocycles. The van der Waals surface area contributed by atoms with Crippen LogP contribution in [0.2, 0.25) is 0 Å². The predicted octanol–water partition coefficient (Wildman–Crippen LogP) is 2.08. The Balaban J connectivity index is 2.26. The van der Waals surface area contributed by atoms with Crippen molar-refractivity contribution in [1.82, 2.24) is 0 Å². The molecule has 2 aliphatic carbocycles. The standard InChI is InChI=1S/C12H18O3/c1-3-15-8(2)12(11(13)14)7-9-4-5-10(12)6-9/h4-5,8-10H,3,6-7H2,1-2H3,(H,13,14). The Morgan fingerprint density at radius 2 is 2.40 bits per heavy atom. The predicted molar refractivity (Wildman–Crippen MR) is 56.5 cm³/mol. The van der Waals surface area contributed by atoms with Crippen LogP contribution in [0.1, 0.15) is 26.7 Å². The van der Waals surface area contributed by atoms with Crippen molar-refractivity contribution in [1.29, 1.82) is 0 Å². The number of ether oxygens (including phenoxy) is 1. The van der Waals surface area contributed by atoms with Crippen molar-refractivity contribution in [3.8, 4) is 0 Å². The summed E-state index contributed by atoms with van der Waals surface area (Å²) in [6.07, 6.45) is 5.76. The van der Waals surface area contributed by atoms with Gasteiger partial charge in [0.1, 0.15) is 5.41 Å². The summed E-state index contributed by atoms with van der Waals surface area (Å²) in [5, 5.41) is 9.47. The molecule has 4 atom stereocenters. The maximum Gasteiger partial charge on any atom is 0.312 e. The van der Waals surface area contributed by atoms with E-state index in [0.29, 0.717) is 12.5 Å². The van der Waals surface area contributed by atoms with E-state index >= 15 is 0 Å². The Hall–Kier alpha value is -0.830. The Bertz CT molecular complexity index is 297. The maximum atomic E-state index is 11.5. The summed E-state index contributed by atoms with van der Waals surface area (Å²) in [6, 6.07) is 0. The van der Waals surface area contributed by atoms with E-state index in [2.05, 4.69) is 12.2 Å². The number of carboxylic acids is 1. The van der Waals surface area contributed by atoms with Gasteiger partial charge in [0.05, 0.1) is 6.10 Å². The normalized spacial score (nSPS) is 39.6. The van der Waals surface area contributed by atoms with Crippen LogP contribution >= 0.6 is 0 Å². The molecule has 1 N–H and O–H groups in total. The van der Waals surface area contributed by atoms with Crippen molar-refractivity contribution in [2.75, 3.05) is 6.61 Å². The third-order valence-electron chi connectivity index (χ3n) is 3.97. The molecule has 0 aromatic heterocycles. The number of carboxylic acid groups (broad SMARTS) is 1. The van der Waals surface area contributed by atoms with E-state index in [1.54, 1.807) is 0 Å². The van der Waals surface area contributed by atoms with Crippen molar-refractivity contribution in [2.45, 2.75) is 32.8 Å². The molecule has 0 radical (unpaired) electrons. The fourth-order valence-corrected chi connectivity index (χ4v) is 3.18. The fourth-order valence-electron chi connectivity index (χ4n) is 3.18. The summed E-state index contributed by atoms with van der Waals surface area (Å²) in [6.45, 7) is 4.39. The Morgan fingerprint density at radius 3 is 2.80 bits per heavy atom. The van der Waals surface area contributed by atoms with E-state index in [4.69, 9.17) is 4.74 Å². The van der Waals surface area contributed by atoms with Crippen molar-refractivity contribution in [2.24, 2.45) is 17.3 Å². The van der Waals surface area contributed by atoms with Crippen LogP contribution in [0.3, 0.4) is 0 Å². The summed E-state index contributed by atoms with van der Waals surface area (Å²) in [7, 11) is 0. The molecule has 3 nitrogen and oxygen atoms in total. The third kappa shape index (κ3) is 1.41. The molecular weight excluding hydrogens is 192 g/mol. The average molecular weight is 210 g/mol. The van der Waals surface area contributed by atoms with Gasteiger partial charge in [-0.15, -0.1) is 0 Å². The fraction of sp³-hybridized carbons (Fsp3) is 0.750. The molecule has 0 amide bonds.